The van der Waals surface area contributed by atoms with Crippen LogP contribution < -0.4 is 15.5 Å². The van der Waals surface area contributed by atoms with Crippen molar-refractivity contribution in [2.75, 3.05) is 6.61 Å². The lowest BCUT2D eigenvalue weighted by molar-refractivity contribution is -0.202. The molecule has 43 heavy (non-hydrogen) atoms. The number of pyridine rings is 1. The lowest BCUT2D eigenvalue weighted by Gasteiger charge is -2.20. The second kappa shape index (κ2) is 13.8. The van der Waals surface area contributed by atoms with Gasteiger partial charge in [-0.3, -0.25) is 15.0 Å². The third-order valence-electron chi connectivity index (χ3n) is 6.23. The average Bonchev–Trinajstić information content (AvgIpc) is 2.98. The zero-order valence-corrected chi connectivity index (χ0v) is 23.2. The average molecular weight is 612 g/mol. The summed E-state index contributed by atoms with van der Waals surface area (Å²) >= 11 is 6.50. The molecule has 0 aliphatic heterocycles. The number of amides is 1. The second-order valence-electron chi connectivity index (χ2n) is 9.25. The molecular formula is C31H25ClF3N3O5. The van der Waals surface area contributed by atoms with E-state index in [-0.39, 0.29) is 17.2 Å². The van der Waals surface area contributed by atoms with Crippen LogP contribution in [-0.4, -0.2) is 35.2 Å². The van der Waals surface area contributed by atoms with Gasteiger partial charge < -0.3 is 19.4 Å². The third kappa shape index (κ3) is 8.55. The molecule has 0 bridgehead atoms. The molecule has 1 unspecified atom stereocenters. The molecule has 0 radical (unpaired) electrons. The number of nitrogens with one attached hydrogen (secondary N) is 2. The zero-order valence-electron chi connectivity index (χ0n) is 22.4. The van der Waals surface area contributed by atoms with Gasteiger partial charge in [-0.05, 0) is 47.5 Å². The lowest BCUT2D eigenvalue weighted by Crippen LogP contribution is -2.33. The SMILES string of the molecule is N=c1ccccn1CCOc1cccc(C(=O)NC(CC(=O)OC(=O)C(F)(F)F)c2ccc(-c3ccccc3)c(Cl)c2)c1. The highest BCUT2D eigenvalue weighted by atomic mass is 35.5. The predicted octanol–water partition coefficient (Wildman–Crippen LogP) is 5.86. The van der Waals surface area contributed by atoms with Gasteiger partial charge in [0.25, 0.3) is 5.91 Å². The molecule has 1 heterocycles. The minimum absolute atomic E-state index is 0.141. The topological polar surface area (TPSA) is 110 Å². The van der Waals surface area contributed by atoms with Gasteiger partial charge in [0.2, 0.25) is 0 Å². The molecule has 8 nitrogen and oxygen atoms in total. The monoisotopic (exact) mass is 611 g/mol. The van der Waals surface area contributed by atoms with E-state index in [2.05, 4.69) is 10.1 Å². The second-order valence-corrected chi connectivity index (χ2v) is 9.66. The van der Waals surface area contributed by atoms with E-state index >= 15 is 0 Å². The van der Waals surface area contributed by atoms with Gasteiger partial charge in [0.1, 0.15) is 17.8 Å². The van der Waals surface area contributed by atoms with E-state index in [0.717, 1.165) is 5.56 Å². The number of rotatable bonds is 10. The van der Waals surface area contributed by atoms with Gasteiger partial charge in [0.05, 0.1) is 19.0 Å². The first kappa shape index (κ1) is 31.0. The van der Waals surface area contributed by atoms with Crippen molar-refractivity contribution in [1.29, 1.82) is 5.41 Å². The molecule has 1 atom stereocenters. The number of alkyl halides is 3. The van der Waals surface area contributed by atoms with Crippen molar-refractivity contribution in [3.8, 4) is 16.9 Å². The smallest absolute Gasteiger partial charge is 0.491 e. The minimum Gasteiger partial charge on any atom is -0.492 e. The summed E-state index contributed by atoms with van der Waals surface area (Å²) in [6, 6.07) is 24.0. The van der Waals surface area contributed by atoms with E-state index in [4.69, 9.17) is 21.7 Å². The van der Waals surface area contributed by atoms with Crippen LogP contribution in [0.25, 0.3) is 11.1 Å². The van der Waals surface area contributed by atoms with E-state index in [1.165, 1.54) is 18.2 Å². The number of carbonyl (C=O) groups excluding carboxylic acids is 3. The third-order valence-corrected chi connectivity index (χ3v) is 6.54. The van der Waals surface area contributed by atoms with E-state index < -0.39 is 36.5 Å². The van der Waals surface area contributed by atoms with Crippen LogP contribution >= 0.6 is 11.6 Å². The van der Waals surface area contributed by atoms with Crippen molar-refractivity contribution in [2.45, 2.75) is 25.2 Å². The summed E-state index contributed by atoms with van der Waals surface area (Å²) in [5.74, 6) is -4.45. The molecule has 3 aromatic carbocycles. The first-order valence-electron chi connectivity index (χ1n) is 12.9. The molecule has 0 aliphatic rings. The maximum absolute atomic E-state index is 13.2. The van der Waals surface area contributed by atoms with Crippen molar-refractivity contribution >= 4 is 29.4 Å². The maximum Gasteiger partial charge on any atom is 0.491 e. The molecule has 0 aliphatic carbocycles. The molecule has 222 valence electrons. The number of hydrogen-bond acceptors (Lipinski definition) is 6. The molecule has 0 saturated heterocycles. The quantitative estimate of drug-likeness (QED) is 0.172. The Hall–Kier alpha value is -4.90. The Morgan fingerprint density at radius 1 is 0.930 bits per heavy atom. The van der Waals surface area contributed by atoms with E-state index in [1.807, 2.05) is 30.3 Å². The van der Waals surface area contributed by atoms with Crippen LogP contribution in [0.2, 0.25) is 5.02 Å². The largest absolute Gasteiger partial charge is 0.492 e. The highest BCUT2D eigenvalue weighted by molar-refractivity contribution is 6.33. The first-order valence-corrected chi connectivity index (χ1v) is 13.3. The molecule has 1 amide bonds. The number of halogens is 4. The van der Waals surface area contributed by atoms with Gasteiger partial charge in [-0.1, -0.05) is 66.2 Å². The van der Waals surface area contributed by atoms with Gasteiger partial charge in [0, 0.05) is 22.3 Å². The standard InChI is InChI=1S/C31H25ClF3N3O5/c32-25-18-21(12-13-24(25)20-7-2-1-3-8-20)26(19-28(39)43-30(41)31(33,34)35)37-29(40)22-9-6-10-23(17-22)42-16-15-38-14-5-4-11-27(38)36/h1-14,17-18,26,36H,15-16,19H2,(H,37,40). The molecule has 12 heteroatoms. The van der Waals surface area contributed by atoms with Crippen LogP contribution in [0.4, 0.5) is 13.2 Å². The number of carbonyl (C=O) groups is 3. The van der Waals surface area contributed by atoms with Crippen molar-refractivity contribution in [3.63, 3.8) is 0 Å². The molecule has 0 spiro atoms. The van der Waals surface area contributed by atoms with Gasteiger partial charge in [-0.25, -0.2) is 4.79 Å². The normalized spacial score (nSPS) is 11.8. The Labute approximate surface area is 249 Å². The Kier molecular flexibility index (Phi) is 9.99. The van der Waals surface area contributed by atoms with Crippen molar-refractivity contribution in [1.82, 2.24) is 9.88 Å². The van der Waals surface area contributed by atoms with E-state index in [0.29, 0.717) is 28.9 Å². The van der Waals surface area contributed by atoms with Crippen LogP contribution in [0.3, 0.4) is 0 Å². The molecule has 4 aromatic rings. The Balaban J connectivity index is 1.52. The fraction of sp³-hybridized carbons (Fsp3) is 0.161. The molecule has 4 rings (SSSR count). The summed E-state index contributed by atoms with van der Waals surface area (Å²) in [5.41, 5.74) is 2.20. The van der Waals surface area contributed by atoms with Crippen LogP contribution in [0.5, 0.6) is 5.75 Å². The van der Waals surface area contributed by atoms with Crippen molar-refractivity contribution in [3.05, 3.63) is 119 Å². The first-order chi connectivity index (χ1) is 20.5. The number of esters is 2. The van der Waals surface area contributed by atoms with E-state index in [1.54, 1.807) is 53.2 Å². The Morgan fingerprint density at radius 3 is 2.37 bits per heavy atom. The Bertz CT molecular complexity index is 1680. The van der Waals surface area contributed by atoms with Crippen LogP contribution in [0, 0.1) is 5.41 Å². The molecule has 2 N–H and O–H groups in total. The summed E-state index contributed by atoms with van der Waals surface area (Å²) in [7, 11) is 0. The fourth-order valence-electron chi connectivity index (χ4n) is 4.12. The minimum atomic E-state index is -5.36. The summed E-state index contributed by atoms with van der Waals surface area (Å²) in [6.07, 6.45) is -4.41. The number of aromatic nitrogens is 1. The van der Waals surface area contributed by atoms with Gasteiger partial charge in [-0.15, -0.1) is 0 Å². The van der Waals surface area contributed by atoms with Crippen molar-refractivity contribution in [2.24, 2.45) is 0 Å². The van der Waals surface area contributed by atoms with E-state index in [9.17, 15) is 27.6 Å². The lowest BCUT2D eigenvalue weighted by atomic mass is 9.98. The highest BCUT2D eigenvalue weighted by Crippen LogP contribution is 2.32. The Morgan fingerprint density at radius 2 is 1.67 bits per heavy atom. The number of nitrogens with zero attached hydrogens (tertiary/aromatic N) is 1. The summed E-state index contributed by atoms with van der Waals surface area (Å²) in [6.45, 7) is 0.594. The maximum atomic E-state index is 13.2. The molecule has 0 saturated carbocycles. The van der Waals surface area contributed by atoms with Crippen LogP contribution in [-0.2, 0) is 20.9 Å². The number of ether oxygens (including phenoxy) is 2. The highest BCUT2D eigenvalue weighted by Gasteiger charge is 2.42. The predicted molar refractivity (Wildman–Crippen MR) is 151 cm³/mol. The van der Waals surface area contributed by atoms with Crippen LogP contribution in [0.1, 0.15) is 28.4 Å². The van der Waals surface area contributed by atoms with Gasteiger partial charge >= 0.3 is 18.1 Å². The molecular weight excluding hydrogens is 587 g/mol. The molecule has 1 aromatic heterocycles. The summed E-state index contributed by atoms with van der Waals surface area (Å²) in [5, 5.41) is 10.8. The van der Waals surface area contributed by atoms with Gasteiger partial charge in [-0.2, -0.15) is 13.2 Å². The summed E-state index contributed by atoms with van der Waals surface area (Å²) < 4.78 is 49.4. The molecule has 0 fully saturated rings. The fourth-order valence-corrected chi connectivity index (χ4v) is 4.42. The summed E-state index contributed by atoms with van der Waals surface area (Å²) in [4.78, 5) is 36.8. The zero-order chi connectivity index (χ0) is 31.0. The van der Waals surface area contributed by atoms with Crippen LogP contribution in [0.15, 0.2) is 97.2 Å². The van der Waals surface area contributed by atoms with Crippen molar-refractivity contribution < 1.29 is 37.0 Å². The number of benzene rings is 3. The number of hydrogen-bond donors (Lipinski definition) is 2. The van der Waals surface area contributed by atoms with Gasteiger partial charge in [0.15, 0.2) is 0 Å².